The monoisotopic (exact) mass is 339 g/mol. The Kier molecular flexibility index (Phi) is 5.91. The predicted molar refractivity (Wildman–Crippen MR) is 102 cm³/mol. The van der Waals surface area contributed by atoms with Gasteiger partial charge in [0.1, 0.15) is 0 Å². The van der Waals surface area contributed by atoms with Gasteiger partial charge in [-0.3, -0.25) is 9.59 Å². The van der Waals surface area contributed by atoms with E-state index in [4.69, 9.17) is 4.99 Å². The Morgan fingerprint density at radius 2 is 1.84 bits per heavy atom. The summed E-state index contributed by atoms with van der Waals surface area (Å²) in [4.78, 5) is 30.2. The van der Waals surface area contributed by atoms with Gasteiger partial charge in [0, 0.05) is 25.7 Å². The second-order valence-corrected chi connectivity index (χ2v) is 6.07. The summed E-state index contributed by atoms with van der Waals surface area (Å²) >= 11 is 0. The number of anilines is 1. The summed E-state index contributed by atoms with van der Waals surface area (Å²) in [7, 11) is 0. The number of allylic oxidation sites excluding steroid dienone is 3. The van der Waals surface area contributed by atoms with Gasteiger partial charge < -0.3 is 10.2 Å². The molecule has 0 bridgehead atoms. The van der Waals surface area contributed by atoms with Crippen LogP contribution in [0.2, 0.25) is 0 Å². The number of amides is 1. The van der Waals surface area contributed by atoms with Crippen molar-refractivity contribution in [2.45, 2.75) is 34.6 Å². The number of hydrogen-bond donors (Lipinski definition) is 1. The van der Waals surface area contributed by atoms with Crippen LogP contribution in [0.1, 0.15) is 33.3 Å². The Bertz CT molecular complexity index is 784. The van der Waals surface area contributed by atoms with Crippen LogP contribution in [0.4, 0.5) is 11.4 Å². The average molecular weight is 339 g/mol. The SMILES string of the molecule is CCN(CC)c1ccc(/N=C2\C=C(NC(C)=O)C(=O)C=C2C)c(C)c1. The second-order valence-electron chi connectivity index (χ2n) is 6.07. The van der Waals surface area contributed by atoms with Crippen LogP contribution in [0, 0.1) is 6.92 Å². The van der Waals surface area contributed by atoms with E-state index in [1.54, 1.807) is 6.08 Å². The molecule has 1 aliphatic carbocycles. The zero-order chi connectivity index (χ0) is 18.6. The molecule has 0 aliphatic heterocycles. The first-order chi connectivity index (χ1) is 11.8. The molecule has 1 N–H and O–H groups in total. The highest BCUT2D eigenvalue weighted by atomic mass is 16.2. The molecule has 0 unspecified atom stereocenters. The Morgan fingerprint density at radius 1 is 1.16 bits per heavy atom. The van der Waals surface area contributed by atoms with Gasteiger partial charge in [-0.05, 0) is 69.2 Å². The largest absolute Gasteiger partial charge is 0.372 e. The van der Waals surface area contributed by atoms with Gasteiger partial charge in [-0.15, -0.1) is 0 Å². The number of nitrogens with zero attached hydrogens (tertiary/aromatic N) is 2. The van der Waals surface area contributed by atoms with E-state index in [1.807, 2.05) is 19.9 Å². The zero-order valence-corrected chi connectivity index (χ0v) is 15.5. The summed E-state index contributed by atoms with van der Waals surface area (Å²) in [5.41, 5.74) is 4.82. The Hall–Kier alpha value is -2.69. The molecule has 2 rings (SSSR count). The molecule has 0 saturated heterocycles. The van der Waals surface area contributed by atoms with Crippen LogP contribution in [0.3, 0.4) is 0 Å². The number of rotatable bonds is 5. The van der Waals surface area contributed by atoms with Crippen molar-refractivity contribution in [3.05, 3.63) is 47.2 Å². The second kappa shape index (κ2) is 7.92. The fourth-order valence-corrected chi connectivity index (χ4v) is 2.76. The number of carbonyl (C=O) groups is 2. The van der Waals surface area contributed by atoms with Crippen LogP contribution in [-0.4, -0.2) is 30.5 Å². The molecular formula is C20H25N3O2. The van der Waals surface area contributed by atoms with E-state index in [9.17, 15) is 9.59 Å². The Labute approximate surface area is 149 Å². The third-order valence-electron chi connectivity index (χ3n) is 4.16. The van der Waals surface area contributed by atoms with E-state index in [0.29, 0.717) is 5.71 Å². The molecular weight excluding hydrogens is 314 g/mol. The van der Waals surface area contributed by atoms with Crippen molar-refractivity contribution >= 4 is 28.8 Å². The molecule has 1 amide bonds. The third-order valence-corrected chi connectivity index (χ3v) is 4.16. The number of ketones is 1. The van der Waals surface area contributed by atoms with E-state index in [-0.39, 0.29) is 17.4 Å². The number of aliphatic imine (C=N–C) groups is 1. The molecule has 0 aromatic heterocycles. The van der Waals surface area contributed by atoms with Gasteiger partial charge in [0.15, 0.2) is 0 Å². The molecule has 1 aromatic rings. The molecule has 5 nitrogen and oxygen atoms in total. The smallest absolute Gasteiger partial charge is 0.221 e. The van der Waals surface area contributed by atoms with Crippen molar-refractivity contribution in [2.24, 2.45) is 4.99 Å². The third kappa shape index (κ3) is 4.44. The van der Waals surface area contributed by atoms with Crippen LogP contribution in [0.5, 0.6) is 0 Å². The minimum atomic E-state index is -0.272. The first-order valence-electron chi connectivity index (χ1n) is 8.52. The Balaban J connectivity index is 2.38. The number of aryl methyl sites for hydroxylation is 1. The molecule has 132 valence electrons. The van der Waals surface area contributed by atoms with Crippen molar-refractivity contribution in [1.82, 2.24) is 5.32 Å². The van der Waals surface area contributed by atoms with Crippen LogP contribution < -0.4 is 10.2 Å². The highest BCUT2D eigenvalue weighted by Crippen LogP contribution is 2.26. The maximum atomic E-state index is 12.0. The maximum absolute atomic E-state index is 12.0. The highest BCUT2D eigenvalue weighted by Gasteiger charge is 2.17. The summed E-state index contributed by atoms with van der Waals surface area (Å²) < 4.78 is 0. The number of carbonyl (C=O) groups excluding carboxylic acids is 2. The first-order valence-corrected chi connectivity index (χ1v) is 8.52. The molecule has 5 heteroatoms. The quantitative estimate of drug-likeness (QED) is 0.836. The lowest BCUT2D eigenvalue weighted by atomic mass is 10.0. The summed E-state index contributed by atoms with van der Waals surface area (Å²) in [6, 6.07) is 6.17. The lowest BCUT2D eigenvalue weighted by molar-refractivity contribution is -0.120. The average Bonchev–Trinajstić information content (AvgIpc) is 2.55. The standard InChI is InChI=1S/C20H25N3O2/c1-6-23(7-2)16-8-9-17(13(3)10-16)22-18-12-19(21-15(5)24)20(25)11-14(18)4/h8-12H,6-7H2,1-5H3,(H,21,24)/b22-18+. The van der Waals surface area contributed by atoms with Gasteiger partial charge in [-0.1, -0.05) is 0 Å². The summed E-state index contributed by atoms with van der Waals surface area (Å²) in [6.07, 6.45) is 3.14. The molecule has 0 spiro atoms. The van der Waals surface area contributed by atoms with E-state index in [0.717, 1.165) is 29.9 Å². The normalized spacial score (nSPS) is 15.7. The minimum absolute atomic E-state index is 0.208. The first kappa shape index (κ1) is 18.6. The van der Waals surface area contributed by atoms with Crippen molar-refractivity contribution < 1.29 is 9.59 Å². The van der Waals surface area contributed by atoms with E-state index < -0.39 is 0 Å². The molecule has 0 fully saturated rings. The zero-order valence-electron chi connectivity index (χ0n) is 15.5. The number of hydrogen-bond acceptors (Lipinski definition) is 4. The molecule has 0 heterocycles. The summed E-state index contributed by atoms with van der Waals surface area (Å²) in [5, 5.41) is 2.56. The molecule has 0 radical (unpaired) electrons. The summed E-state index contributed by atoms with van der Waals surface area (Å²) in [6.45, 7) is 11.4. The van der Waals surface area contributed by atoms with Gasteiger partial charge >= 0.3 is 0 Å². The fourth-order valence-electron chi connectivity index (χ4n) is 2.76. The van der Waals surface area contributed by atoms with Crippen molar-refractivity contribution in [1.29, 1.82) is 0 Å². The van der Waals surface area contributed by atoms with Crippen LogP contribution in [0.25, 0.3) is 0 Å². The topological polar surface area (TPSA) is 61.8 Å². The molecule has 1 aromatic carbocycles. The van der Waals surface area contributed by atoms with E-state index in [1.165, 1.54) is 18.7 Å². The van der Waals surface area contributed by atoms with Gasteiger partial charge in [0.2, 0.25) is 11.7 Å². The van der Waals surface area contributed by atoms with Gasteiger partial charge in [0.05, 0.1) is 17.1 Å². The lowest BCUT2D eigenvalue weighted by Crippen LogP contribution is -2.27. The van der Waals surface area contributed by atoms with Crippen LogP contribution >= 0.6 is 0 Å². The summed E-state index contributed by atoms with van der Waals surface area (Å²) in [5.74, 6) is -0.480. The predicted octanol–water partition coefficient (Wildman–Crippen LogP) is 3.46. The molecule has 0 atom stereocenters. The van der Waals surface area contributed by atoms with E-state index in [2.05, 4.69) is 36.2 Å². The van der Waals surface area contributed by atoms with Gasteiger partial charge in [-0.2, -0.15) is 0 Å². The number of nitrogens with one attached hydrogen (secondary N) is 1. The molecule has 0 saturated carbocycles. The van der Waals surface area contributed by atoms with Crippen molar-refractivity contribution in [3.8, 4) is 0 Å². The van der Waals surface area contributed by atoms with Gasteiger partial charge in [0.25, 0.3) is 0 Å². The minimum Gasteiger partial charge on any atom is -0.372 e. The lowest BCUT2D eigenvalue weighted by Gasteiger charge is -2.22. The number of benzene rings is 1. The van der Waals surface area contributed by atoms with Crippen LogP contribution in [0.15, 0.2) is 46.6 Å². The van der Waals surface area contributed by atoms with Crippen molar-refractivity contribution in [2.75, 3.05) is 18.0 Å². The van der Waals surface area contributed by atoms with E-state index >= 15 is 0 Å². The van der Waals surface area contributed by atoms with Crippen LogP contribution in [-0.2, 0) is 9.59 Å². The maximum Gasteiger partial charge on any atom is 0.221 e. The molecule has 1 aliphatic rings. The Morgan fingerprint density at radius 3 is 2.40 bits per heavy atom. The highest BCUT2D eigenvalue weighted by molar-refractivity contribution is 6.22. The van der Waals surface area contributed by atoms with Gasteiger partial charge in [-0.25, -0.2) is 4.99 Å². The van der Waals surface area contributed by atoms with Crippen molar-refractivity contribution in [3.63, 3.8) is 0 Å². The fraction of sp³-hybridized carbons (Fsp3) is 0.350. The molecule has 25 heavy (non-hydrogen) atoms.